The molecule has 1 aliphatic rings. The summed E-state index contributed by atoms with van der Waals surface area (Å²) in [6.07, 6.45) is 1.10. The molecule has 2 unspecified atom stereocenters. The SMILES string of the molecule is CCOc1ccc(C2(N)CC2C)cc1. The zero-order chi connectivity index (χ0) is 10.2. The van der Waals surface area contributed by atoms with Crippen molar-refractivity contribution in [1.29, 1.82) is 0 Å². The van der Waals surface area contributed by atoms with Crippen molar-refractivity contribution in [2.75, 3.05) is 6.61 Å². The zero-order valence-electron chi connectivity index (χ0n) is 8.79. The lowest BCUT2D eigenvalue weighted by Gasteiger charge is -2.11. The van der Waals surface area contributed by atoms with Gasteiger partial charge in [-0.2, -0.15) is 0 Å². The van der Waals surface area contributed by atoms with Crippen LogP contribution in [0.5, 0.6) is 5.75 Å². The largest absolute Gasteiger partial charge is 0.494 e. The first-order chi connectivity index (χ1) is 6.66. The predicted molar refractivity (Wildman–Crippen MR) is 57.3 cm³/mol. The summed E-state index contributed by atoms with van der Waals surface area (Å²) in [5.41, 5.74) is 7.36. The summed E-state index contributed by atoms with van der Waals surface area (Å²) < 4.78 is 5.38. The topological polar surface area (TPSA) is 35.2 Å². The summed E-state index contributed by atoms with van der Waals surface area (Å²) in [5.74, 6) is 1.54. The van der Waals surface area contributed by atoms with Gasteiger partial charge in [0.1, 0.15) is 5.75 Å². The molecule has 0 heterocycles. The van der Waals surface area contributed by atoms with Crippen LogP contribution in [0.4, 0.5) is 0 Å². The molecule has 0 radical (unpaired) electrons. The Kier molecular flexibility index (Phi) is 2.23. The fourth-order valence-corrected chi connectivity index (χ4v) is 1.88. The van der Waals surface area contributed by atoms with Crippen molar-refractivity contribution in [3.05, 3.63) is 29.8 Å². The van der Waals surface area contributed by atoms with E-state index in [4.69, 9.17) is 10.5 Å². The van der Waals surface area contributed by atoms with Gasteiger partial charge in [0.15, 0.2) is 0 Å². The molecule has 0 aliphatic heterocycles. The molecule has 0 spiro atoms. The van der Waals surface area contributed by atoms with Crippen molar-refractivity contribution in [3.63, 3.8) is 0 Å². The highest BCUT2D eigenvalue weighted by Crippen LogP contribution is 2.49. The van der Waals surface area contributed by atoms with Crippen LogP contribution >= 0.6 is 0 Å². The molecule has 14 heavy (non-hydrogen) atoms. The summed E-state index contributed by atoms with van der Waals surface area (Å²) in [5, 5.41) is 0. The van der Waals surface area contributed by atoms with E-state index >= 15 is 0 Å². The summed E-state index contributed by atoms with van der Waals surface area (Å²) in [4.78, 5) is 0. The Labute approximate surface area is 85.1 Å². The molecule has 0 bridgehead atoms. The molecule has 76 valence electrons. The van der Waals surface area contributed by atoms with Gasteiger partial charge < -0.3 is 10.5 Å². The summed E-state index contributed by atoms with van der Waals surface area (Å²) in [7, 11) is 0. The van der Waals surface area contributed by atoms with Gasteiger partial charge in [-0.05, 0) is 37.0 Å². The predicted octanol–water partition coefficient (Wildman–Crippen LogP) is 2.28. The fourth-order valence-electron chi connectivity index (χ4n) is 1.88. The Bertz CT molecular complexity index is 320. The molecule has 0 aromatic heterocycles. The Balaban J connectivity index is 2.15. The molecule has 1 aromatic carbocycles. The standard InChI is InChI=1S/C12H17NO/c1-3-14-11-6-4-10(5-7-11)12(13)8-9(12)2/h4-7,9H,3,8,13H2,1-2H3. The minimum absolute atomic E-state index is 0.0647. The van der Waals surface area contributed by atoms with Crippen molar-refractivity contribution < 1.29 is 4.74 Å². The van der Waals surface area contributed by atoms with E-state index < -0.39 is 0 Å². The average molecular weight is 191 g/mol. The van der Waals surface area contributed by atoms with E-state index in [2.05, 4.69) is 19.1 Å². The number of nitrogens with two attached hydrogens (primary N) is 1. The molecule has 2 atom stereocenters. The molecule has 1 saturated carbocycles. The van der Waals surface area contributed by atoms with E-state index in [1.54, 1.807) is 0 Å². The molecule has 2 nitrogen and oxygen atoms in total. The molecule has 2 rings (SSSR count). The van der Waals surface area contributed by atoms with Crippen molar-refractivity contribution in [2.45, 2.75) is 25.8 Å². The fraction of sp³-hybridized carbons (Fsp3) is 0.500. The first-order valence-electron chi connectivity index (χ1n) is 5.19. The van der Waals surface area contributed by atoms with Gasteiger partial charge in [-0.3, -0.25) is 0 Å². The number of benzene rings is 1. The molecule has 1 aliphatic carbocycles. The van der Waals surface area contributed by atoms with Crippen LogP contribution in [0, 0.1) is 5.92 Å². The third kappa shape index (κ3) is 1.50. The summed E-state index contributed by atoms with van der Waals surface area (Å²) in [6, 6.07) is 8.15. The lowest BCUT2D eigenvalue weighted by Crippen LogP contribution is -2.21. The Morgan fingerprint density at radius 2 is 2.00 bits per heavy atom. The number of ether oxygens (including phenoxy) is 1. The third-order valence-corrected chi connectivity index (χ3v) is 3.07. The van der Waals surface area contributed by atoms with Gasteiger partial charge in [0.05, 0.1) is 6.61 Å². The number of hydrogen-bond donors (Lipinski definition) is 1. The summed E-state index contributed by atoms with van der Waals surface area (Å²) in [6.45, 7) is 4.89. The van der Waals surface area contributed by atoms with E-state index in [0.717, 1.165) is 12.2 Å². The second-order valence-electron chi connectivity index (χ2n) is 4.10. The molecule has 2 N–H and O–H groups in total. The first-order valence-corrected chi connectivity index (χ1v) is 5.19. The maximum absolute atomic E-state index is 6.19. The van der Waals surface area contributed by atoms with Crippen molar-refractivity contribution in [1.82, 2.24) is 0 Å². The molecule has 1 aromatic rings. The molecule has 2 heteroatoms. The van der Waals surface area contributed by atoms with Crippen LogP contribution in [-0.4, -0.2) is 6.61 Å². The van der Waals surface area contributed by atoms with Crippen LogP contribution in [0.1, 0.15) is 25.8 Å². The first kappa shape index (κ1) is 9.53. The van der Waals surface area contributed by atoms with Gasteiger partial charge in [0.25, 0.3) is 0 Å². The quantitative estimate of drug-likeness (QED) is 0.795. The lowest BCUT2D eigenvalue weighted by atomic mass is 10.0. The van der Waals surface area contributed by atoms with Crippen LogP contribution in [0.2, 0.25) is 0 Å². The van der Waals surface area contributed by atoms with Crippen LogP contribution in [0.15, 0.2) is 24.3 Å². The van der Waals surface area contributed by atoms with Crippen molar-refractivity contribution in [3.8, 4) is 5.75 Å². The van der Waals surface area contributed by atoms with Gasteiger partial charge in [-0.15, -0.1) is 0 Å². The highest BCUT2D eigenvalue weighted by Gasteiger charge is 2.48. The summed E-state index contributed by atoms with van der Waals surface area (Å²) >= 11 is 0. The van der Waals surface area contributed by atoms with E-state index in [-0.39, 0.29) is 5.54 Å². The van der Waals surface area contributed by atoms with Crippen LogP contribution in [0.25, 0.3) is 0 Å². The van der Waals surface area contributed by atoms with Gasteiger partial charge in [0.2, 0.25) is 0 Å². The Morgan fingerprint density at radius 1 is 1.43 bits per heavy atom. The van der Waals surface area contributed by atoms with E-state index in [1.165, 1.54) is 5.56 Å². The number of hydrogen-bond acceptors (Lipinski definition) is 2. The van der Waals surface area contributed by atoms with Gasteiger partial charge in [-0.1, -0.05) is 19.1 Å². The van der Waals surface area contributed by atoms with E-state index in [0.29, 0.717) is 12.5 Å². The zero-order valence-corrected chi connectivity index (χ0v) is 8.79. The van der Waals surface area contributed by atoms with Crippen molar-refractivity contribution >= 4 is 0 Å². The smallest absolute Gasteiger partial charge is 0.119 e. The molecule has 0 saturated heterocycles. The second-order valence-corrected chi connectivity index (χ2v) is 4.10. The van der Waals surface area contributed by atoms with Crippen molar-refractivity contribution in [2.24, 2.45) is 11.7 Å². The average Bonchev–Trinajstić information content (AvgIpc) is 2.78. The molecular weight excluding hydrogens is 174 g/mol. The van der Waals surface area contributed by atoms with Crippen LogP contribution in [0.3, 0.4) is 0 Å². The third-order valence-electron chi connectivity index (χ3n) is 3.07. The van der Waals surface area contributed by atoms with Gasteiger partial charge >= 0.3 is 0 Å². The molecule has 0 amide bonds. The Morgan fingerprint density at radius 3 is 2.43 bits per heavy atom. The highest BCUT2D eigenvalue weighted by atomic mass is 16.5. The minimum Gasteiger partial charge on any atom is -0.494 e. The Hall–Kier alpha value is -1.02. The maximum atomic E-state index is 6.19. The van der Waals surface area contributed by atoms with Crippen LogP contribution in [-0.2, 0) is 5.54 Å². The number of rotatable bonds is 3. The van der Waals surface area contributed by atoms with E-state index in [9.17, 15) is 0 Å². The minimum atomic E-state index is -0.0647. The second kappa shape index (κ2) is 3.28. The highest BCUT2D eigenvalue weighted by molar-refractivity contribution is 5.36. The molecule has 1 fully saturated rings. The van der Waals surface area contributed by atoms with Gasteiger partial charge in [-0.25, -0.2) is 0 Å². The lowest BCUT2D eigenvalue weighted by molar-refractivity contribution is 0.340. The normalized spacial score (nSPS) is 30.1. The van der Waals surface area contributed by atoms with Gasteiger partial charge in [0, 0.05) is 5.54 Å². The monoisotopic (exact) mass is 191 g/mol. The molecular formula is C12H17NO. The van der Waals surface area contributed by atoms with Crippen LogP contribution < -0.4 is 10.5 Å². The maximum Gasteiger partial charge on any atom is 0.119 e. The van der Waals surface area contributed by atoms with E-state index in [1.807, 2.05) is 19.1 Å².